The van der Waals surface area contributed by atoms with E-state index in [2.05, 4.69) is 27.4 Å². The average Bonchev–Trinajstić information content (AvgIpc) is 3.48. The number of ether oxygens (including phenoxy) is 3. The second-order valence-corrected chi connectivity index (χ2v) is 11.3. The highest BCUT2D eigenvalue weighted by atomic mass is 16.5. The number of piperidine rings is 1. The minimum absolute atomic E-state index is 0.136. The fourth-order valence-corrected chi connectivity index (χ4v) is 5.39. The first-order valence-electron chi connectivity index (χ1n) is 15.8. The van der Waals surface area contributed by atoms with Gasteiger partial charge in [-0.2, -0.15) is 0 Å². The number of nitrogens with zero attached hydrogens (tertiary/aromatic N) is 2. The molecule has 9 nitrogen and oxygen atoms in total. The standard InChI is InChI=1S/C35H44N4O5/c1-5-8-19-39-20-17-28(18-21-39)42-29-14-15-30-32(23-29)44-34(38-30)24-9-12-27(13-10-24)43-31-16-11-26(22-33(31)41-4)37-35(40)36-25(6-2)7-3/h9-16,22-23,25,28H,5-8,17-21H2,1-4H3,(H2,36,37,40). The summed E-state index contributed by atoms with van der Waals surface area (Å²) in [4.78, 5) is 19.6. The first-order chi connectivity index (χ1) is 21.5. The average molecular weight is 601 g/mol. The Hall–Kier alpha value is -4.24. The first kappa shape index (κ1) is 31.2. The molecule has 1 aliphatic rings. The number of oxazole rings is 1. The lowest BCUT2D eigenvalue weighted by molar-refractivity contribution is 0.0999. The Labute approximate surface area is 259 Å². The van der Waals surface area contributed by atoms with Gasteiger partial charge in [0.1, 0.15) is 23.1 Å². The smallest absolute Gasteiger partial charge is 0.319 e. The van der Waals surface area contributed by atoms with Crippen LogP contribution in [0.2, 0.25) is 0 Å². The minimum atomic E-state index is -0.244. The van der Waals surface area contributed by atoms with Gasteiger partial charge in [0.15, 0.2) is 17.1 Å². The molecule has 2 N–H and O–H groups in total. The molecule has 2 amide bonds. The van der Waals surface area contributed by atoms with Crippen LogP contribution < -0.4 is 24.8 Å². The lowest BCUT2D eigenvalue weighted by atomic mass is 10.1. The summed E-state index contributed by atoms with van der Waals surface area (Å²) in [6, 6.07) is 18.6. The fourth-order valence-electron chi connectivity index (χ4n) is 5.39. The van der Waals surface area contributed by atoms with E-state index in [1.54, 1.807) is 25.3 Å². The molecule has 2 heterocycles. The van der Waals surface area contributed by atoms with Crippen LogP contribution in [0.4, 0.5) is 10.5 Å². The number of hydrogen-bond acceptors (Lipinski definition) is 7. The lowest BCUT2D eigenvalue weighted by Crippen LogP contribution is -2.38. The van der Waals surface area contributed by atoms with Crippen molar-refractivity contribution >= 4 is 22.8 Å². The van der Waals surface area contributed by atoms with Gasteiger partial charge in [-0.1, -0.05) is 27.2 Å². The van der Waals surface area contributed by atoms with Crippen LogP contribution in [0.25, 0.3) is 22.6 Å². The van der Waals surface area contributed by atoms with E-state index >= 15 is 0 Å². The third kappa shape index (κ3) is 8.02. The van der Waals surface area contributed by atoms with E-state index < -0.39 is 0 Å². The van der Waals surface area contributed by atoms with Gasteiger partial charge in [0.2, 0.25) is 5.89 Å². The lowest BCUT2D eigenvalue weighted by Gasteiger charge is -2.32. The highest BCUT2D eigenvalue weighted by Crippen LogP contribution is 2.35. The highest BCUT2D eigenvalue weighted by molar-refractivity contribution is 5.89. The summed E-state index contributed by atoms with van der Waals surface area (Å²) in [6.45, 7) is 9.70. The van der Waals surface area contributed by atoms with Gasteiger partial charge in [-0.05, 0) is 87.2 Å². The van der Waals surface area contributed by atoms with Crippen LogP contribution >= 0.6 is 0 Å². The topological polar surface area (TPSA) is 98.1 Å². The molecule has 0 aliphatic carbocycles. The van der Waals surface area contributed by atoms with Crippen LogP contribution in [-0.4, -0.2) is 54.8 Å². The fraction of sp³-hybridized carbons (Fsp3) is 0.429. The number of amides is 2. The van der Waals surface area contributed by atoms with Crippen molar-refractivity contribution in [2.75, 3.05) is 32.1 Å². The number of anilines is 1. The van der Waals surface area contributed by atoms with Crippen LogP contribution in [0.5, 0.6) is 23.0 Å². The van der Waals surface area contributed by atoms with Crippen LogP contribution in [-0.2, 0) is 0 Å². The molecule has 0 atom stereocenters. The first-order valence-corrected chi connectivity index (χ1v) is 15.8. The van der Waals surface area contributed by atoms with E-state index in [0.717, 1.165) is 55.6 Å². The van der Waals surface area contributed by atoms with Crippen LogP contribution in [0.15, 0.2) is 65.1 Å². The summed E-state index contributed by atoms with van der Waals surface area (Å²) in [6.07, 6.45) is 6.55. The Morgan fingerprint density at radius 2 is 1.73 bits per heavy atom. The van der Waals surface area contributed by atoms with E-state index in [-0.39, 0.29) is 18.2 Å². The second-order valence-electron chi connectivity index (χ2n) is 11.3. The number of hydrogen-bond donors (Lipinski definition) is 2. The maximum atomic E-state index is 12.3. The van der Waals surface area contributed by atoms with Gasteiger partial charge >= 0.3 is 6.03 Å². The predicted molar refractivity (Wildman–Crippen MR) is 174 cm³/mol. The van der Waals surface area contributed by atoms with Gasteiger partial charge in [0.25, 0.3) is 0 Å². The van der Waals surface area contributed by atoms with Crippen LogP contribution in [0.1, 0.15) is 59.3 Å². The van der Waals surface area contributed by atoms with E-state index in [9.17, 15) is 4.79 Å². The molecule has 234 valence electrons. The van der Waals surface area contributed by atoms with E-state index in [1.165, 1.54) is 19.4 Å². The molecule has 1 aromatic heterocycles. The zero-order chi connectivity index (χ0) is 30.9. The highest BCUT2D eigenvalue weighted by Gasteiger charge is 2.21. The molecule has 0 unspecified atom stereocenters. The molecule has 1 aliphatic heterocycles. The number of rotatable bonds is 13. The third-order valence-electron chi connectivity index (χ3n) is 8.10. The van der Waals surface area contributed by atoms with Crippen LogP contribution in [0.3, 0.4) is 0 Å². The third-order valence-corrected chi connectivity index (χ3v) is 8.10. The normalized spacial score (nSPS) is 14.1. The van der Waals surface area contributed by atoms with Gasteiger partial charge < -0.3 is 34.2 Å². The summed E-state index contributed by atoms with van der Waals surface area (Å²) in [5.41, 5.74) is 2.94. The molecule has 0 bridgehead atoms. The SMILES string of the molecule is CCCCN1CCC(Oc2ccc3nc(-c4ccc(Oc5ccc(NC(=O)NC(CC)CC)cc5OC)cc4)oc3c2)CC1. The number of likely N-dealkylation sites (tertiary alicyclic amines) is 1. The number of nitrogens with one attached hydrogen (secondary N) is 2. The Kier molecular flexibility index (Phi) is 10.6. The summed E-state index contributed by atoms with van der Waals surface area (Å²) >= 11 is 0. The summed E-state index contributed by atoms with van der Waals surface area (Å²) < 4.78 is 24.1. The molecular weight excluding hydrogens is 556 g/mol. The monoisotopic (exact) mass is 600 g/mol. The van der Waals surface area contributed by atoms with E-state index in [1.807, 2.05) is 56.3 Å². The second kappa shape index (κ2) is 15.0. The molecule has 9 heteroatoms. The maximum absolute atomic E-state index is 12.3. The Balaban J connectivity index is 1.19. The number of urea groups is 1. The van der Waals surface area contributed by atoms with Gasteiger partial charge in [-0.15, -0.1) is 0 Å². The number of carbonyl (C=O) groups excluding carboxylic acids is 1. The molecule has 3 aromatic carbocycles. The summed E-state index contributed by atoms with van der Waals surface area (Å²) in [5.74, 6) is 3.03. The zero-order valence-electron chi connectivity index (χ0n) is 26.2. The number of unbranched alkanes of at least 4 members (excludes halogenated alkanes) is 1. The summed E-state index contributed by atoms with van der Waals surface area (Å²) in [5, 5.41) is 5.83. The van der Waals surface area contributed by atoms with Crippen molar-refractivity contribution in [2.24, 2.45) is 0 Å². The number of fused-ring (bicyclic) bond motifs is 1. The summed E-state index contributed by atoms with van der Waals surface area (Å²) in [7, 11) is 1.57. The quantitative estimate of drug-likeness (QED) is 0.159. The molecule has 1 fully saturated rings. The molecule has 4 aromatic rings. The van der Waals surface area contributed by atoms with Gasteiger partial charge in [0.05, 0.1) is 7.11 Å². The Morgan fingerprint density at radius 1 is 0.977 bits per heavy atom. The van der Waals surface area contributed by atoms with Crippen LogP contribution in [0, 0.1) is 0 Å². The van der Waals surface area contributed by atoms with Crippen molar-refractivity contribution in [1.82, 2.24) is 15.2 Å². The van der Waals surface area contributed by atoms with Crippen molar-refractivity contribution in [1.29, 1.82) is 0 Å². The Bertz CT molecular complexity index is 1510. The molecule has 1 saturated heterocycles. The van der Waals surface area contributed by atoms with Crippen molar-refractivity contribution in [3.05, 3.63) is 60.7 Å². The Morgan fingerprint density at radius 3 is 2.43 bits per heavy atom. The number of carbonyl (C=O) groups is 1. The van der Waals surface area contributed by atoms with Gasteiger partial charge in [0, 0.05) is 42.5 Å². The van der Waals surface area contributed by atoms with Gasteiger partial charge in [-0.3, -0.25) is 0 Å². The van der Waals surface area contributed by atoms with Crippen molar-refractivity contribution in [2.45, 2.75) is 71.4 Å². The molecule has 0 spiro atoms. The molecule has 0 radical (unpaired) electrons. The maximum Gasteiger partial charge on any atom is 0.319 e. The number of benzene rings is 3. The minimum Gasteiger partial charge on any atom is -0.493 e. The van der Waals surface area contributed by atoms with Crippen molar-refractivity contribution < 1.29 is 23.4 Å². The van der Waals surface area contributed by atoms with E-state index in [0.29, 0.717) is 34.4 Å². The number of aromatic nitrogens is 1. The molecule has 5 rings (SSSR count). The predicted octanol–water partition coefficient (Wildman–Crippen LogP) is 8.25. The molecule has 0 saturated carbocycles. The largest absolute Gasteiger partial charge is 0.493 e. The van der Waals surface area contributed by atoms with E-state index in [4.69, 9.17) is 18.6 Å². The zero-order valence-corrected chi connectivity index (χ0v) is 26.2. The van der Waals surface area contributed by atoms with Gasteiger partial charge in [-0.25, -0.2) is 9.78 Å². The number of methoxy groups -OCH3 is 1. The molecular formula is C35H44N4O5. The molecule has 44 heavy (non-hydrogen) atoms. The van der Waals surface area contributed by atoms with Crippen molar-refractivity contribution in [3.63, 3.8) is 0 Å². The van der Waals surface area contributed by atoms with Crippen molar-refractivity contribution in [3.8, 4) is 34.5 Å².